The Morgan fingerprint density at radius 1 is 0.972 bits per heavy atom. The minimum absolute atomic E-state index is 0.0422. The van der Waals surface area contributed by atoms with Crippen molar-refractivity contribution in [3.8, 4) is 0 Å². The van der Waals surface area contributed by atoms with E-state index in [4.69, 9.17) is 0 Å². The predicted octanol–water partition coefficient (Wildman–Crippen LogP) is 6.30. The molecule has 2 saturated heterocycles. The summed E-state index contributed by atoms with van der Waals surface area (Å²) >= 11 is 0. The molecule has 0 N–H and O–H groups in total. The minimum atomic E-state index is -4.92. The minimum Gasteiger partial charge on any atom is -0.337 e. The van der Waals surface area contributed by atoms with Gasteiger partial charge in [-0.2, -0.15) is 26.3 Å². The number of amides is 1. The van der Waals surface area contributed by atoms with E-state index in [0.29, 0.717) is 13.0 Å². The normalized spacial score (nSPS) is 25.5. The molecule has 3 nitrogen and oxygen atoms in total. The monoisotopic (exact) mass is 516 g/mol. The Morgan fingerprint density at radius 2 is 1.53 bits per heavy atom. The fourth-order valence-corrected chi connectivity index (χ4v) is 5.81. The van der Waals surface area contributed by atoms with E-state index in [0.717, 1.165) is 17.7 Å². The van der Waals surface area contributed by atoms with Gasteiger partial charge in [0.2, 0.25) is 5.91 Å². The van der Waals surface area contributed by atoms with Gasteiger partial charge >= 0.3 is 12.4 Å². The lowest BCUT2D eigenvalue weighted by molar-refractivity contribution is -0.143. The molecule has 1 amide bonds. The number of benzene rings is 2. The van der Waals surface area contributed by atoms with Crippen molar-refractivity contribution in [2.24, 2.45) is 5.92 Å². The van der Waals surface area contributed by atoms with E-state index in [-0.39, 0.29) is 47.9 Å². The molecule has 4 rings (SSSR count). The van der Waals surface area contributed by atoms with Crippen LogP contribution in [0, 0.1) is 11.7 Å². The molecule has 0 aliphatic carbocycles. The van der Waals surface area contributed by atoms with Gasteiger partial charge in [0.1, 0.15) is 5.82 Å². The fraction of sp³-hybridized carbons (Fsp3) is 0.500. The average Bonchev–Trinajstić information content (AvgIpc) is 3.30. The molecule has 0 spiro atoms. The van der Waals surface area contributed by atoms with Gasteiger partial charge in [-0.15, -0.1) is 0 Å². The summed E-state index contributed by atoms with van der Waals surface area (Å²) in [6.45, 7) is 1.94. The zero-order valence-corrected chi connectivity index (χ0v) is 20.0. The Balaban J connectivity index is 1.70. The second kappa shape index (κ2) is 9.36. The Labute approximate surface area is 204 Å². The zero-order valence-electron chi connectivity index (χ0n) is 20.0. The third kappa shape index (κ3) is 5.10. The van der Waals surface area contributed by atoms with Crippen molar-refractivity contribution in [3.05, 3.63) is 70.5 Å². The van der Waals surface area contributed by atoms with E-state index in [1.807, 2.05) is 19.0 Å². The van der Waals surface area contributed by atoms with Crippen LogP contribution in [-0.4, -0.2) is 48.4 Å². The molecular weight excluding hydrogens is 489 g/mol. The molecule has 10 heteroatoms. The topological polar surface area (TPSA) is 23.6 Å². The number of halogens is 7. The molecule has 2 unspecified atom stereocenters. The Hall–Kier alpha value is -2.62. The highest BCUT2D eigenvalue weighted by Crippen LogP contribution is 2.48. The fourth-order valence-electron chi connectivity index (χ4n) is 5.81. The summed E-state index contributed by atoms with van der Waals surface area (Å²) in [6, 6.07) is 7.27. The number of fused-ring (bicyclic) bond motifs is 1. The average molecular weight is 517 g/mol. The zero-order chi connectivity index (χ0) is 26.6. The summed E-state index contributed by atoms with van der Waals surface area (Å²) in [7, 11) is 3.72. The maximum Gasteiger partial charge on any atom is 0.416 e. The first-order chi connectivity index (χ1) is 16.7. The molecule has 5 atom stereocenters. The number of hydrogen-bond acceptors (Lipinski definition) is 2. The first-order valence-electron chi connectivity index (χ1n) is 11.7. The van der Waals surface area contributed by atoms with E-state index < -0.39 is 35.2 Å². The molecule has 196 valence electrons. The largest absolute Gasteiger partial charge is 0.416 e. The molecule has 0 saturated carbocycles. The number of nitrogens with zero attached hydrogens (tertiary/aromatic N) is 2. The van der Waals surface area contributed by atoms with Gasteiger partial charge < -0.3 is 9.80 Å². The van der Waals surface area contributed by atoms with E-state index in [9.17, 15) is 35.5 Å². The van der Waals surface area contributed by atoms with Gasteiger partial charge in [0.25, 0.3) is 0 Å². The van der Waals surface area contributed by atoms with E-state index >= 15 is 0 Å². The van der Waals surface area contributed by atoms with Crippen LogP contribution in [0.4, 0.5) is 30.7 Å². The highest BCUT2D eigenvalue weighted by Gasteiger charge is 2.53. The molecule has 36 heavy (non-hydrogen) atoms. The molecule has 0 aromatic heterocycles. The third-order valence-electron chi connectivity index (χ3n) is 7.52. The molecule has 2 aliphatic heterocycles. The Kier molecular flexibility index (Phi) is 6.87. The molecule has 2 aromatic carbocycles. The number of rotatable bonds is 5. The van der Waals surface area contributed by atoms with Gasteiger partial charge in [-0.3, -0.25) is 4.79 Å². The molecule has 0 bridgehead atoms. The van der Waals surface area contributed by atoms with Crippen molar-refractivity contribution in [2.75, 3.05) is 20.6 Å². The predicted molar refractivity (Wildman–Crippen MR) is 120 cm³/mol. The summed E-state index contributed by atoms with van der Waals surface area (Å²) in [5.41, 5.74) is -1.95. The number of hydrogen-bond donors (Lipinski definition) is 0. The van der Waals surface area contributed by atoms with Crippen LogP contribution >= 0.6 is 0 Å². The third-order valence-corrected chi connectivity index (χ3v) is 7.52. The first-order valence-corrected chi connectivity index (χ1v) is 11.7. The van der Waals surface area contributed by atoms with Gasteiger partial charge in [0, 0.05) is 24.9 Å². The van der Waals surface area contributed by atoms with Crippen LogP contribution in [0.2, 0.25) is 0 Å². The van der Waals surface area contributed by atoms with Crippen LogP contribution < -0.4 is 0 Å². The van der Waals surface area contributed by atoms with E-state index in [2.05, 4.69) is 0 Å². The van der Waals surface area contributed by atoms with Crippen molar-refractivity contribution in [1.29, 1.82) is 0 Å². The quantitative estimate of drug-likeness (QED) is 0.436. The van der Waals surface area contributed by atoms with Crippen molar-refractivity contribution < 1.29 is 35.5 Å². The van der Waals surface area contributed by atoms with Crippen LogP contribution in [0.25, 0.3) is 0 Å². The van der Waals surface area contributed by atoms with Gasteiger partial charge in [-0.25, -0.2) is 4.39 Å². The lowest BCUT2D eigenvalue weighted by atomic mass is 9.76. The van der Waals surface area contributed by atoms with Gasteiger partial charge in [-0.1, -0.05) is 19.1 Å². The lowest BCUT2D eigenvalue weighted by Gasteiger charge is -2.32. The number of carbonyl (C=O) groups is 1. The molecule has 2 fully saturated rings. The van der Waals surface area contributed by atoms with Crippen molar-refractivity contribution in [1.82, 2.24) is 9.80 Å². The number of carbonyl (C=O) groups excluding carboxylic acids is 1. The van der Waals surface area contributed by atoms with Gasteiger partial charge in [0.05, 0.1) is 17.2 Å². The smallest absolute Gasteiger partial charge is 0.337 e. The Morgan fingerprint density at radius 3 is 2.03 bits per heavy atom. The molecule has 2 aromatic rings. The first kappa shape index (κ1) is 26.4. The second-order valence-electron chi connectivity index (χ2n) is 10.1. The lowest BCUT2D eigenvalue weighted by Crippen LogP contribution is -2.41. The number of likely N-dealkylation sites (N-methyl/N-ethyl adjacent to an activating group) is 1. The van der Waals surface area contributed by atoms with Crippen molar-refractivity contribution in [2.45, 2.75) is 56.0 Å². The summed E-state index contributed by atoms with van der Waals surface area (Å²) in [6.07, 6.45) is -9.26. The maximum atomic E-state index is 13.6. The van der Waals surface area contributed by atoms with E-state index in [1.165, 1.54) is 12.1 Å². The summed E-state index contributed by atoms with van der Waals surface area (Å²) < 4.78 is 94.0. The van der Waals surface area contributed by atoms with Crippen LogP contribution in [0.5, 0.6) is 0 Å². The highest BCUT2D eigenvalue weighted by atomic mass is 19.4. The maximum absolute atomic E-state index is 13.6. The number of alkyl halides is 6. The standard InChI is InChI=1S/C26H27F7N2O/c1-14(16-9-18(25(28,29)30)11-19(10-16)26(31,32)33)8-17-13-35-22(36)12-21(34(2)3)24(35)23(17)15-4-6-20(27)7-5-15/h4-7,9-11,14,17,21,23-24H,8,12-13H2,1-3H3/t14-,17-,21?,23?,24-/m0/s1. The SMILES string of the molecule is C[C@@H](C[C@H]1CN2C(=O)CC(N(C)C)[C@H]2C1c1ccc(F)cc1)c1cc(C(F)(F)F)cc(C(F)(F)F)c1. The van der Waals surface area contributed by atoms with Crippen molar-refractivity contribution >= 4 is 5.91 Å². The van der Waals surface area contributed by atoms with Crippen LogP contribution in [0.1, 0.15) is 53.9 Å². The van der Waals surface area contributed by atoms with Crippen LogP contribution in [0.15, 0.2) is 42.5 Å². The van der Waals surface area contributed by atoms with Crippen LogP contribution in [0.3, 0.4) is 0 Å². The molecular formula is C26H27F7N2O. The molecule has 2 heterocycles. The molecule has 2 aliphatic rings. The summed E-state index contributed by atoms with van der Waals surface area (Å²) in [5.74, 6) is -1.58. The van der Waals surface area contributed by atoms with E-state index in [1.54, 1.807) is 24.0 Å². The molecule has 0 radical (unpaired) electrons. The van der Waals surface area contributed by atoms with Gasteiger partial charge in [-0.05, 0) is 73.8 Å². The Bertz CT molecular complexity index is 1080. The van der Waals surface area contributed by atoms with Gasteiger partial charge in [0.15, 0.2) is 0 Å². The van der Waals surface area contributed by atoms with Crippen LogP contribution in [-0.2, 0) is 17.1 Å². The highest BCUT2D eigenvalue weighted by molar-refractivity contribution is 5.81. The summed E-state index contributed by atoms with van der Waals surface area (Å²) in [4.78, 5) is 16.5. The van der Waals surface area contributed by atoms with Crippen molar-refractivity contribution in [3.63, 3.8) is 0 Å². The second-order valence-corrected chi connectivity index (χ2v) is 10.1. The summed E-state index contributed by atoms with van der Waals surface area (Å²) in [5, 5.41) is 0.